The summed E-state index contributed by atoms with van der Waals surface area (Å²) < 4.78 is 1.74. The smallest absolute Gasteiger partial charge is 0.126 e. The van der Waals surface area contributed by atoms with Crippen molar-refractivity contribution in [2.75, 3.05) is 0 Å². The molecule has 0 bridgehead atoms. The molecule has 1 aromatic heterocycles. The highest BCUT2D eigenvalue weighted by molar-refractivity contribution is 7.15. The second kappa shape index (κ2) is 3.06. The predicted octanol–water partition coefficient (Wildman–Crippen LogP) is 3.29. The van der Waals surface area contributed by atoms with Crippen LogP contribution in [0.3, 0.4) is 0 Å². The minimum Gasteiger partial charge on any atom is -0.507 e. The van der Waals surface area contributed by atoms with Crippen molar-refractivity contribution in [3.05, 3.63) is 28.4 Å². The maximum atomic E-state index is 9.52. The Morgan fingerprint density at radius 3 is 2.77 bits per heavy atom. The van der Waals surface area contributed by atoms with Crippen LogP contribution in [0.5, 0.6) is 5.75 Å². The van der Waals surface area contributed by atoms with E-state index in [0.29, 0.717) is 15.4 Å². The van der Waals surface area contributed by atoms with Crippen molar-refractivity contribution in [2.45, 2.75) is 0 Å². The standard InChI is InChI=1S/C8H6Cl2NOP/c9-5-3-6(12)4-1-2-11(13)8(4)7(5)10/h1-3,12H,13H2. The zero-order valence-corrected chi connectivity index (χ0v) is 9.13. The van der Waals surface area contributed by atoms with Crippen LogP contribution in [-0.4, -0.2) is 9.44 Å². The SMILES string of the molecule is Oc1cc(Cl)c(Cl)c2c1ccn2P. The van der Waals surface area contributed by atoms with Crippen molar-refractivity contribution in [3.8, 4) is 5.75 Å². The van der Waals surface area contributed by atoms with E-state index in [4.69, 9.17) is 23.2 Å². The normalized spacial score (nSPS) is 11.0. The Balaban J connectivity index is 3.00. The number of nitrogens with zero attached hydrogens (tertiary/aromatic N) is 1. The maximum absolute atomic E-state index is 9.52. The van der Waals surface area contributed by atoms with Crippen LogP contribution in [0.15, 0.2) is 18.3 Å². The van der Waals surface area contributed by atoms with Crippen molar-refractivity contribution < 1.29 is 5.11 Å². The third kappa shape index (κ3) is 1.30. The van der Waals surface area contributed by atoms with Gasteiger partial charge in [-0.2, -0.15) is 0 Å². The van der Waals surface area contributed by atoms with Gasteiger partial charge in [-0.3, -0.25) is 0 Å². The summed E-state index contributed by atoms with van der Waals surface area (Å²) in [4.78, 5) is 0. The van der Waals surface area contributed by atoms with Gasteiger partial charge in [-0.1, -0.05) is 23.2 Å². The highest BCUT2D eigenvalue weighted by Gasteiger charge is 2.11. The summed E-state index contributed by atoms with van der Waals surface area (Å²) in [5.41, 5.74) is 0.719. The van der Waals surface area contributed by atoms with E-state index in [0.717, 1.165) is 5.52 Å². The number of hydrogen-bond acceptors (Lipinski definition) is 1. The number of phenolic OH excluding ortho intramolecular Hbond substituents is 1. The molecule has 1 aromatic carbocycles. The summed E-state index contributed by atoms with van der Waals surface area (Å²) in [7, 11) is 2.47. The van der Waals surface area contributed by atoms with Crippen LogP contribution < -0.4 is 0 Å². The number of benzene rings is 1. The summed E-state index contributed by atoms with van der Waals surface area (Å²) in [5, 5.41) is 11.0. The third-order valence-electron chi connectivity index (χ3n) is 1.87. The topological polar surface area (TPSA) is 25.2 Å². The molecule has 13 heavy (non-hydrogen) atoms. The first-order valence-electron chi connectivity index (χ1n) is 3.54. The Morgan fingerprint density at radius 2 is 2.08 bits per heavy atom. The van der Waals surface area contributed by atoms with Gasteiger partial charge in [-0.05, 0) is 15.5 Å². The number of phenols is 1. The lowest BCUT2D eigenvalue weighted by molar-refractivity contribution is 0.482. The Kier molecular flexibility index (Phi) is 2.15. The molecule has 0 aliphatic heterocycles. The molecule has 2 nitrogen and oxygen atoms in total. The average Bonchev–Trinajstić information content (AvgIpc) is 2.44. The molecule has 0 saturated carbocycles. The maximum Gasteiger partial charge on any atom is 0.126 e. The van der Waals surface area contributed by atoms with Gasteiger partial charge in [0.25, 0.3) is 0 Å². The van der Waals surface area contributed by atoms with Crippen molar-refractivity contribution in [1.82, 2.24) is 4.34 Å². The lowest BCUT2D eigenvalue weighted by Gasteiger charge is -2.03. The van der Waals surface area contributed by atoms with Gasteiger partial charge < -0.3 is 9.44 Å². The molecule has 1 N–H and O–H groups in total. The van der Waals surface area contributed by atoms with Crippen LogP contribution in [-0.2, 0) is 0 Å². The molecule has 1 atom stereocenters. The molecule has 0 fully saturated rings. The zero-order valence-electron chi connectivity index (χ0n) is 6.46. The van der Waals surface area contributed by atoms with Crippen LogP contribution >= 0.6 is 32.6 Å². The second-order valence-corrected chi connectivity index (χ2v) is 4.02. The Hall–Kier alpha value is -0.430. The van der Waals surface area contributed by atoms with Crippen LogP contribution in [0.25, 0.3) is 10.9 Å². The highest BCUT2D eigenvalue weighted by Crippen LogP contribution is 2.37. The van der Waals surface area contributed by atoms with E-state index in [9.17, 15) is 5.11 Å². The van der Waals surface area contributed by atoms with Gasteiger partial charge in [-0.25, -0.2) is 0 Å². The molecule has 5 heteroatoms. The van der Waals surface area contributed by atoms with Crippen LogP contribution in [0.2, 0.25) is 10.0 Å². The van der Waals surface area contributed by atoms with Crippen molar-refractivity contribution in [2.24, 2.45) is 0 Å². The molecule has 0 amide bonds. The molecular formula is C8H6Cl2NOP. The zero-order chi connectivity index (χ0) is 9.59. The van der Waals surface area contributed by atoms with E-state index in [1.54, 1.807) is 16.6 Å². The van der Waals surface area contributed by atoms with E-state index < -0.39 is 0 Å². The van der Waals surface area contributed by atoms with Gasteiger partial charge in [0, 0.05) is 17.6 Å². The molecule has 0 radical (unpaired) electrons. The largest absolute Gasteiger partial charge is 0.507 e. The van der Waals surface area contributed by atoms with Crippen molar-refractivity contribution in [1.29, 1.82) is 0 Å². The predicted molar refractivity (Wildman–Crippen MR) is 58.7 cm³/mol. The van der Waals surface area contributed by atoms with Crippen LogP contribution in [0.1, 0.15) is 0 Å². The number of hydrogen-bond donors (Lipinski definition) is 1. The van der Waals surface area contributed by atoms with Crippen molar-refractivity contribution in [3.63, 3.8) is 0 Å². The number of fused-ring (bicyclic) bond motifs is 1. The summed E-state index contributed by atoms with van der Waals surface area (Å²) >= 11 is 11.8. The number of halogens is 2. The van der Waals surface area contributed by atoms with Gasteiger partial charge in [0.05, 0.1) is 15.6 Å². The van der Waals surface area contributed by atoms with Gasteiger partial charge >= 0.3 is 0 Å². The third-order valence-corrected chi connectivity index (χ3v) is 3.08. The van der Waals surface area contributed by atoms with Gasteiger partial charge in [0.15, 0.2) is 0 Å². The van der Waals surface area contributed by atoms with E-state index in [2.05, 4.69) is 9.39 Å². The quantitative estimate of drug-likeness (QED) is 0.695. The molecule has 0 spiro atoms. The molecule has 2 aromatic rings. The van der Waals surface area contributed by atoms with E-state index in [1.807, 2.05) is 0 Å². The second-order valence-electron chi connectivity index (χ2n) is 2.68. The van der Waals surface area contributed by atoms with Gasteiger partial charge in [0.1, 0.15) is 5.75 Å². The van der Waals surface area contributed by atoms with Crippen LogP contribution in [0.4, 0.5) is 0 Å². The Bertz CT molecular complexity index is 480. The Labute approximate surface area is 87.3 Å². The summed E-state index contributed by atoms with van der Waals surface area (Å²) in [6.45, 7) is 0. The van der Waals surface area contributed by atoms with Gasteiger partial charge in [0.2, 0.25) is 0 Å². The number of aromatic nitrogens is 1. The molecule has 0 aliphatic rings. The number of rotatable bonds is 0. The van der Waals surface area contributed by atoms with Gasteiger partial charge in [-0.15, -0.1) is 0 Å². The summed E-state index contributed by atoms with van der Waals surface area (Å²) in [6, 6.07) is 3.22. The fraction of sp³-hybridized carbons (Fsp3) is 0. The van der Waals surface area contributed by atoms with E-state index >= 15 is 0 Å². The fourth-order valence-electron chi connectivity index (χ4n) is 1.26. The molecule has 1 unspecified atom stereocenters. The lowest BCUT2D eigenvalue weighted by atomic mass is 10.2. The highest BCUT2D eigenvalue weighted by atomic mass is 35.5. The Morgan fingerprint density at radius 1 is 1.38 bits per heavy atom. The fourth-order valence-corrected chi connectivity index (χ4v) is 2.14. The lowest BCUT2D eigenvalue weighted by Crippen LogP contribution is -1.79. The first kappa shape index (κ1) is 9.14. The molecule has 2 rings (SSSR count). The molecule has 68 valence electrons. The molecule has 0 saturated heterocycles. The summed E-state index contributed by atoms with van der Waals surface area (Å²) in [5.74, 6) is 0.144. The average molecular weight is 234 g/mol. The van der Waals surface area contributed by atoms with Crippen molar-refractivity contribution >= 4 is 43.5 Å². The monoisotopic (exact) mass is 233 g/mol. The molecular weight excluding hydrogens is 228 g/mol. The molecule has 0 aliphatic carbocycles. The minimum absolute atomic E-state index is 0.144. The first-order valence-corrected chi connectivity index (χ1v) is 4.81. The molecule has 1 heterocycles. The van der Waals surface area contributed by atoms with E-state index in [1.165, 1.54) is 6.07 Å². The van der Waals surface area contributed by atoms with E-state index in [-0.39, 0.29) is 5.75 Å². The first-order chi connectivity index (χ1) is 6.11. The van der Waals surface area contributed by atoms with Crippen LogP contribution in [0, 0.1) is 0 Å². The minimum atomic E-state index is 0.144. The number of aromatic hydroxyl groups is 1. The summed E-state index contributed by atoms with van der Waals surface area (Å²) in [6.07, 6.45) is 1.79.